The minimum atomic E-state index is 0.196. The maximum atomic E-state index is 9.31. The van der Waals surface area contributed by atoms with E-state index in [2.05, 4.69) is 42.0 Å². The molecule has 0 saturated heterocycles. The zero-order valence-corrected chi connectivity index (χ0v) is 12.7. The first-order valence-corrected chi connectivity index (χ1v) is 7.46. The number of aliphatic hydroxyl groups is 1. The van der Waals surface area contributed by atoms with Gasteiger partial charge in [0.15, 0.2) is 0 Å². The van der Waals surface area contributed by atoms with Gasteiger partial charge in [-0.1, -0.05) is 32.0 Å². The lowest BCUT2D eigenvalue weighted by Crippen LogP contribution is -2.36. The monoisotopic (exact) mass is 275 g/mol. The van der Waals surface area contributed by atoms with Crippen molar-refractivity contribution in [3.05, 3.63) is 30.0 Å². The van der Waals surface area contributed by atoms with Crippen molar-refractivity contribution < 1.29 is 5.11 Å². The lowest BCUT2D eigenvalue weighted by molar-refractivity contribution is 0.135. The minimum Gasteiger partial charge on any atom is -0.395 e. The van der Waals surface area contributed by atoms with Crippen LogP contribution in [0.2, 0.25) is 0 Å². The predicted molar refractivity (Wildman–Crippen MR) is 82.6 cm³/mol. The first kappa shape index (κ1) is 15.0. The van der Waals surface area contributed by atoms with E-state index in [-0.39, 0.29) is 6.61 Å². The van der Waals surface area contributed by atoms with Crippen molar-refractivity contribution in [2.75, 3.05) is 13.2 Å². The van der Waals surface area contributed by atoms with Crippen molar-refractivity contribution in [1.29, 1.82) is 0 Å². The molecule has 2 rings (SSSR count). The Morgan fingerprint density at radius 1 is 1.25 bits per heavy atom. The number of aryl methyl sites for hydroxylation is 1. The van der Waals surface area contributed by atoms with Gasteiger partial charge in [-0.25, -0.2) is 0 Å². The SMILES string of the molecule is CCC(CC)N(CCO)Cc1nn(C)c2ccccc12. The van der Waals surface area contributed by atoms with Crippen molar-refractivity contribution >= 4 is 10.9 Å². The van der Waals surface area contributed by atoms with Gasteiger partial charge in [-0.3, -0.25) is 9.58 Å². The van der Waals surface area contributed by atoms with Crippen LogP contribution in [-0.2, 0) is 13.6 Å². The summed E-state index contributed by atoms with van der Waals surface area (Å²) in [5.74, 6) is 0. The molecule has 4 heteroatoms. The van der Waals surface area contributed by atoms with Gasteiger partial charge in [-0.05, 0) is 18.9 Å². The van der Waals surface area contributed by atoms with Gasteiger partial charge in [0, 0.05) is 31.6 Å². The van der Waals surface area contributed by atoms with E-state index in [4.69, 9.17) is 0 Å². The molecule has 0 radical (unpaired) electrons. The molecule has 0 atom stereocenters. The summed E-state index contributed by atoms with van der Waals surface area (Å²) in [4.78, 5) is 2.34. The number of rotatable bonds is 7. The fourth-order valence-electron chi connectivity index (χ4n) is 2.92. The molecule has 0 saturated carbocycles. The Balaban J connectivity index is 2.28. The quantitative estimate of drug-likeness (QED) is 0.844. The van der Waals surface area contributed by atoms with Gasteiger partial charge >= 0.3 is 0 Å². The van der Waals surface area contributed by atoms with E-state index in [9.17, 15) is 5.11 Å². The summed E-state index contributed by atoms with van der Waals surface area (Å²) in [5.41, 5.74) is 2.26. The molecule has 0 unspecified atom stereocenters. The average molecular weight is 275 g/mol. The molecule has 0 spiro atoms. The molecule has 0 aliphatic heterocycles. The summed E-state index contributed by atoms with van der Waals surface area (Å²) in [6.45, 7) is 6.11. The summed E-state index contributed by atoms with van der Waals surface area (Å²) in [5, 5.41) is 15.2. The molecule has 20 heavy (non-hydrogen) atoms. The third-order valence-electron chi connectivity index (χ3n) is 4.03. The Morgan fingerprint density at radius 2 is 1.95 bits per heavy atom. The first-order chi connectivity index (χ1) is 9.71. The second kappa shape index (κ2) is 6.86. The van der Waals surface area contributed by atoms with Crippen molar-refractivity contribution in [2.45, 2.75) is 39.3 Å². The van der Waals surface area contributed by atoms with Crippen LogP contribution in [0, 0.1) is 0 Å². The van der Waals surface area contributed by atoms with E-state index in [1.165, 1.54) is 5.39 Å². The second-order valence-corrected chi connectivity index (χ2v) is 5.25. The van der Waals surface area contributed by atoms with Crippen molar-refractivity contribution in [2.24, 2.45) is 7.05 Å². The summed E-state index contributed by atoms with van der Waals surface area (Å²) < 4.78 is 1.94. The van der Waals surface area contributed by atoms with Crippen LogP contribution in [0.1, 0.15) is 32.4 Å². The van der Waals surface area contributed by atoms with Crippen molar-refractivity contribution in [3.63, 3.8) is 0 Å². The summed E-state index contributed by atoms with van der Waals surface area (Å²) in [7, 11) is 1.99. The molecule has 2 aromatic rings. The number of aromatic nitrogens is 2. The van der Waals surface area contributed by atoms with Crippen LogP contribution >= 0.6 is 0 Å². The van der Waals surface area contributed by atoms with E-state index in [0.717, 1.165) is 30.6 Å². The second-order valence-electron chi connectivity index (χ2n) is 5.25. The molecule has 0 fully saturated rings. The maximum absolute atomic E-state index is 9.31. The zero-order chi connectivity index (χ0) is 14.5. The Kier molecular flexibility index (Phi) is 5.15. The fourth-order valence-corrected chi connectivity index (χ4v) is 2.92. The molecule has 110 valence electrons. The molecule has 4 nitrogen and oxygen atoms in total. The number of aliphatic hydroxyl groups excluding tert-OH is 1. The molecule has 1 heterocycles. The molecule has 1 aromatic carbocycles. The third kappa shape index (κ3) is 3.02. The number of benzene rings is 1. The largest absolute Gasteiger partial charge is 0.395 e. The first-order valence-electron chi connectivity index (χ1n) is 7.46. The average Bonchev–Trinajstić information content (AvgIpc) is 2.78. The highest BCUT2D eigenvalue weighted by Crippen LogP contribution is 2.20. The smallest absolute Gasteiger partial charge is 0.0843 e. The standard InChI is InChI=1S/C16H25N3O/c1-4-13(5-2)19(10-11-20)12-15-14-8-6-7-9-16(14)18(3)17-15/h6-9,13,20H,4-5,10-12H2,1-3H3. The fraction of sp³-hybridized carbons (Fsp3) is 0.562. The van der Waals surface area contributed by atoms with Gasteiger partial charge in [0.25, 0.3) is 0 Å². The van der Waals surface area contributed by atoms with Crippen LogP contribution < -0.4 is 0 Å². The predicted octanol–water partition coefficient (Wildman–Crippen LogP) is 2.56. The van der Waals surface area contributed by atoms with Crippen molar-refractivity contribution in [3.8, 4) is 0 Å². The van der Waals surface area contributed by atoms with Crippen LogP contribution in [0.15, 0.2) is 24.3 Å². The van der Waals surface area contributed by atoms with E-state index in [1.807, 2.05) is 17.8 Å². The molecule has 1 aromatic heterocycles. The lowest BCUT2D eigenvalue weighted by Gasteiger charge is -2.29. The van der Waals surface area contributed by atoms with E-state index >= 15 is 0 Å². The van der Waals surface area contributed by atoms with Crippen molar-refractivity contribution in [1.82, 2.24) is 14.7 Å². The van der Waals surface area contributed by atoms with E-state index in [0.29, 0.717) is 12.6 Å². The zero-order valence-electron chi connectivity index (χ0n) is 12.7. The van der Waals surface area contributed by atoms with Crippen LogP contribution in [0.5, 0.6) is 0 Å². The minimum absolute atomic E-state index is 0.196. The van der Waals surface area contributed by atoms with Crippen LogP contribution in [0.4, 0.5) is 0 Å². The normalized spacial score (nSPS) is 11.9. The number of hydrogen-bond donors (Lipinski definition) is 1. The highest BCUT2D eigenvalue weighted by atomic mass is 16.3. The maximum Gasteiger partial charge on any atom is 0.0843 e. The number of para-hydroxylation sites is 1. The Labute approximate surface area is 121 Å². The van der Waals surface area contributed by atoms with Gasteiger partial charge in [0.1, 0.15) is 0 Å². The molecule has 0 aliphatic rings. The molecule has 0 amide bonds. The molecule has 1 N–H and O–H groups in total. The van der Waals surface area contributed by atoms with Crippen LogP contribution in [0.3, 0.4) is 0 Å². The highest BCUT2D eigenvalue weighted by Gasteiger charge is 2.18. The summed E-state index contributed by atoms with van der Waals surface area (Å²) in [6, 6.07) is 8.82. The molecule has 0 aliphatic carbocycles. The van der Waals surface area contributed by atoms with Crippen LogP contribution in [-0.4, -0.2) is 39.0 Å². The number of nitrogens with zero attached hydrogens (tertiary/aromatic N) is 3. The number of fused-ring (bicyclic) bond motifs is 1. The lowest BCUT2D eigenvalue weighted by atomic mass is 10.1. The highest BCUT2D eigenvalue weighted by molar-refractivity contribution is 5.81. The number of hydrogen-bond acceptors (Lipinski definition) is 3. The van der Waals surface area contributed by atoms with Gasteiger partial charge < -0.3 is 5.11 Å². The van der Waals surface area contributed by atoms with E-state index < -0.39 is 0 Å². The van der Waals surface area contributed by atoms with E-state index in [1.54, 1.807) is 0 Å². The van der Waals surface area contributed by atoms with Gasteiger partial charge in [0.05, 0.1) is 17.8 Å². The topological polar surface area (TPSA) is 41.3 Å². The van der Waals surface area contributed by atoms with Gasteiger partial charge in [-0.2, -0.15) is 5.10 Å². The molecular weight excluding hydrogens is 250 g/mol. The third-order valence-corrected chi connectivity index (χ3v) is 4.03. The Bertz CT molecular complexity index is 546. The van der Waals surface area contributed by atoms with Gasteiger partial charge in [-0.15, -0.1) is 0 Å². The Morgan fingerprint density at radius 3 is 2.60 bits per heavy atom. The summed E-state index contributed by atoms with van der Waals surface area (Å²) >= 11 is 0. The molecular formula is C16H25N3O. The molecule has 0 bridgehead atoms. The van der Waals surface area contributed by atoms with Crippen LogP contribution in [0.25, 0.3) is 10.9 Å². The Hall–Kier alpha value is -1.39. The van der Waals surface area contributed by atoms with Gasteiger partial charge in [0.2, 0.25) is 0 Å². The summed E-state index contributed by atoms with van der Waals surface area (Å²) in [6.07, 6.45) is 2.20.